The van der Waals surface area contributed by atoms with Gasteiger partial charge in [-0.25, -0.2) is 9.98 Å². The molecule has 1 aromatic carbocycles. The summed E-state index contributed by atoms with van der Waals surface area (Å²) in [5.74, 6) is 1.08. The van der Waals surface area contributed by atoms with Crippen molar-refractivity contribution >= 4 is 11.8 Å². The Balaban J connectivity index is 2.07. The summed E-state index contributed by atoms with van der Waals surface area (Å²) in [6.07, 6.45) is -3.02. The number of alkyl halides is 3. The van der Waals surface area contributed by atoms with Crippen LogP contribution in [0.2, 0.25) is 0 Å². The molecule has 0 radical (unpaired) electrons. The highest BCUT2D eigenvalue weighted by Crippen LogP contribution is 2.26. The Morgan fingerprint density at radius 3 is 2.61 bits per heavy atom. The molecule has 0 aliphatic rings. The van der Waals surface area contributed by atoms with Crippen molar-refractivity contribution in [2.24, 2.45) is 4.99 Å². The van der Waals surface area contributed by atoms with Gasteiger partial charge in [0.25, 0.3) is 0 Å². The highest BCUT2D eigenvalue weighted by molar-refractivity contribution is 5.79. The van der Waals surface area contributed by atoms with Gasteiger partial charge < -0.3 is 20.3 Å². The molecular weight excluding hydrogens is 371 g/mol. The minimum atomic E-state index is -4.74. The summed E-state index contributed by atoms with van der Waals surface area (Å²) in [7, 11) is 3.81. The van der Waals surface area contributed by atoms with Crippen LogP contribution in [-0.2, 0) is 13.1 Å². The first kappa shape index (κ1) is 21.3. The van der Waals surface area contributed by atoms with E-state index in [0.717, 1.165) is 11.4 Å². The maximum atomic E-state index is 12.6. The monoisotopic (exact) mass is 395 g/mol. The Morgan fingerprint density at radius 2 is 1.93 bits per heavy atom. The van der Waals surface area contributed by atoms with Crippen molar-refractivity contribution in [2.75, 3.05) is 25.5 Å². The number of anilines is 1. The van der Waals surface area contributed by atoms with Gasteiger partial charge in [-0.15, -0.1) is 13.2 Å². The molecule has 0 aliphatic carbocycles. The summed E-state index contributed by atoms with van der Waals surface area (Å²) in [5, 5.41) is 6.11. The number of halogens is 3. The number of ether oxygens (including phenoxy) is 1. The molecule has 0 atom stereocenters. The molecule has 0 unspecified atom stereocenters. The number of nitrogens with one attached hydrogen (secondary N) is 2. The summed E-state index contributed by atoms with van der Waals surface area (Å²) >= 11 is 0. The van der Waals surface area contributed by atoms with Crippen LogP contribution in [0.25, 0.3) is 0 Å². The van der Waals surface area contributed by atoms with Gasteiger partial charge in [0, 0.05) is 38.9 Å². The Morgan fingerprint density at radius 1 is 1.18 bits per heavy atom. The van der Waals surface area contributed by atoms with E-state index < -0.39 is 6.36 Å². The predicted octanol–water partition coefficient (Wildman–Crippen LogP) is 3.30. The molecule has 28 heavy (non-hydrogen) atoms. The SMILES string of the molecule is CCNC(=NCc1ccnc(N(C)C)c1)NCc1ccccc1OC(F)(F)F. The van der Waals surface area contributed by atoms with Crippen molar-refractivity contribution in [1.82, 2.24) is 15.6 Å². The fourth-order valence-corrected chi connectivity index (χ4v) is 2.37. The maximum absolute atomic E-state index is 12.6. The van der Waals surface area contributed by atoms with Crippen LogP contribution in [0.3, 0.4) is 0 Å². The van der Waals surface area contributed by atoms with E-state index in [9.17, 15) is 13.2 Å². The Labute approximate surface area is 162 Å². The highest BCUT2D eigenvalue weighted by Gasteiger charge is 2.31. The van der Waals surface area contributed by atoms with Crippen molar-refractivity contribution in [1.29, 1.82) is 0 Å². The minimum Gasteiger partial charge on any atom is -0.405 e. The average molecular weight is 395 g/mol. The minimum absolute atomic E-state index is 0.136. The van der Waals surface area contributed by atoms with Gasteiger partial charge in [-0.3, -0.25) is 0 Å². The Bertz CT molecular complexity index is 793. The quantitative estimate of drug-likeness (QED) is 0.556. The van der Waals surface area contributed by atoms with Crippen molar-refractivity contribution in [3.05, 3.63) is 53.7 Å². The van der Waals surface area contributed by atoms with Crippen LogP contribution < -0.4 is 20.3 Å². The fraction of sp³-hybridized carbons (Fsp3) is 0.368. The number of benzene rings is 1. The molecule has 1 heterocycles. The smallest absolute Gasteiger partial charge is 0.405 e. The van der Waals surface area contributed by atoms with Gasteiger partial charge in [0.05, 0.1) is 6.54 Å². The van der Waals surface area contributed by atoms with E-state index in [4.69, 9.17) is 0 Å². The number of guanidine groups is 1. The van der Waals surface area contributed by atoms with E-state index in [0.29, 0.717) is 24.6 Å². The Kier molecular flexibility index (Phi) is 7.48. The lowest BCUT2D eigenvalue weighted by molar-refractivity contribution is -0.274. The number of para-hydroxylation sites is 1. The number of pyridine rings is 1. The van der Waals surface area contributed by atoms with Crippen molar-refractivity contribution in [2.45, 2.75) is 26.4 Å². The second-order valence-corrected chi connectivity index (χ2v) is 6.12. The molecule has 0 aliphatic heterocycles. The second kappa shape index (κ2) is 9.82. The molecule has 9 heteroatoms. The first-order valence-electron chi connectivity index (χ1n) is 8.76. The van der Waals surface area contributed by atoms with Gasteiger partial charge in [-0.2, -0.15) is 0 Å². The third-order valence-corrected chi connectivity index (χ3v) is 3.68. The van der Waals surface area contributed by atoms with E-state index in [1.54, 1.807) is 18.3 Å². The molecule has 0 saturated carbocycles. The van der Waals surface area contributed by atoms with Gasteiger partial charge >= 0.3 is 6.36 Å². The lowest BCUT2D eigenvalue weighted by Crippen LogP contribution is -2.37. The van der Waals surface area contributed by atoms with Crippen molar-refractivity contribution < 1.29 is 17.9 Å². The van der Waals surface area contributed by atoms with Crippen LogP contribution in [-0.4, -0.2) is 37.9 Å². The molecule has 0 spiro atoms. The second-order valence-electron chi connectivity index (χ2n) is 6.12. The molecule has 2 aromatic rings. The third kappa shape index (κ3) is 6.98. The molecule has 0 bridgehead atoms. The first-order valence-corrected chi connectivity index (χ1v) is 8.76. The lowest BCUT2D eigenvalue weighted by Gasteiger charge is -2.15. The zero-order chi connectivity index (χ0) is 20.6. The van der Waals surface area contributed by atoms with E-state index in [1.807, 2.05) is 38.1 Å². The van der Waals surface area contributed by atoms with Crippen LogP contribution in [0.15, 0.2) is 47.6 Å². The first-order chi connectivity index (χ1) is 13.3. The molecule has 6 nitrogen and oxygen atoms in total. The molecule has 1 aromatic heterocycles. The zero-order valence-electron chi connectivity index (χ0n) is 16.0. The van der Waals surface area contributed by atoms with E-state index in [-0.39, 0.29) is 12.3 Å². The number of aromatic nitrogens is 1. The van der Waals surface area contributed by atoms with Crippen LogP contribution in [0, 0.1) is 0 Å². The lowest BCUT2D eigenvalue weighted by atomic mass is 10.2. The standard InChI is InChI=1S/C19H24F3N5O/c1-4-23-18(25-12-14-9-10-24-17(11-14)27(2)3)26-13-15-7-5-6-8-16(15)28-19(20,21)22/h5-11H,4,12-13H2,1-3H3,(H2,23,25,26). The van der Waals surface area contributed by atoms with E-state index in [2.05, 4.69) is 25.3 Å². The predicted molar refractivity (Wildman–Crippen MR) is 103 cm³/mol. The highest BCUT2D eigenvalue weighted by atomic mass is 19.4. The van der Waals surface area contributed by atoms with Crippen LogP contribution >= 0.6 is 0 Å². The summed E-state index contributed by atoms with van der Waals surface area (Å²) in [5.41, 5.74) is 1.35. The largest absolute Gasteiger partial charge is 0.573 e. The van der Waals surface area contributed by atoms with Gasteiger partial charge in [0.2, 0.25) is 0 Å². The van der Waals surface area contributed by atoms with Crippen LogP contribution in [0.5, 0.6) is 5.75 Å². The number of hydrogen-bond acceptors (Lipinski definition) is 4. The molecule has 2 N–H and O–H groups in total. The van der Waals surface area contributed by atoms with Crippen molar-refractivity contribution in [3.63, 3.8) is 0 Å². The number of aliphatic imine (C=N–C) groups is 1. The van der Waals surface area contributed by atoms with Gasteiger partial charge in [0.1, 0.15) is 11.6 Å². The van der Waals surface area contributed by atoms with Gasteiger partial charge in [-0.05, 0) is 30.7 Å². The fourth-order valence-electron chi connectivity index (χ4n) is 2.37. The molecular formula is C19H24F3N5O. The normalized spacial score (nSPS) is 11.9. The number of nitrogens with zero attached hydrogens (tertiary/aromatic N) is 3. The molecule has 0 fully saturated rings. The molecule has 0 saturated heterocycles. The molecule has 2 rings (SSSR count). The topological polar surface area (TPSA) is 61.8 Å². The molecule has 152 valence electrons. The maximum Gasteiger partial charge on any atom is 0.573 e. The summed E-state index contributed by atoms with van der Waals surface area (Å²) in [6.45, 7) is 3.07. The van der Waals surface area contributed by atoms with Gasteiger partial charge in [-0.1, -0.05) is 18.2 Å². The summed E-state index contributed by atoms with van der Waals surface area (Å²) in [6, 6.07) is 9.81. The average Bonchev–Trinajstić information content (AvgIpc) is 2.64. The summed E-state index contributed by atoms with van der Waals surface area (Å²) < 4.78 is 41.7. The third-order valence-electron chi connectivity index (χ3n) is 3.68. The van der Waals surface area contributed by atoms with Crippen molar-refractivity contribution in [3.8, 4) is 5.75 Å². The van der Waals surface area contributed by atoms with E-state index >= 15 is 0 Å². The van der Waals surface area contributed by atoms with Gasteiger partial charge in [0.15, 0.2) is 5.96 Å². The number of rotatable bonds is 7. The van der Waals surface area contributed by atoms with Crippen LogP contribution in [0.1, 0.15) is 18.1 Å². The Hall–Kier alpha value is -2.97. The number of hydrogen-bond donors (Lipinski definition) is 2. The van der Waals surface area contributed by atoms with Crippen LogP contribution in [0.4, 0.5) is 19.0 Å². The zero-order valence-corrected chi connectivity index (χ0v) is 16.0. The van der Waals surface area contributed by atoms with E-state index in [1.165, 1.54) is 12.1 Å². The molecule has 0 amide bonds. The summed E-state index contributed by atoms with van der Waals surface area (Å²) in [4.78, 5) is 10.6.